The van der Waals surface area contributed by atoms with E-state index in [0.717, 1.165) is 0 Å². The Morgan fingerprint density at radius 2 is 1.78 bits per heavy atom. The van der Waals surface area contributed by atoms with Crippen LogP contribution in [0.15, 0.2) is 11.1 Å². The zero-order valence-corrected chi connectivity index (χ0v) is 11.1. The van der Waals surface area contributed by atoms with Gasteiger partial charge in [0.05, 0.1) is 6.61 Å². The molecule has 0 saturated carbocycles. The lowest BCUT2D eigenvalue weighted by Crippen LogP contribution is -2.47. The summed E-state index contributed by atoms with van der Waals surface area (Å²) in [5.41, 5.74) is 0.953. The van der Waals surface area contributed by atoms with Crippen molar-refractivity contribution in [2.75, 3.05) is 13.2 Å². The Morgan fingerprint density at radius 1 is 1.22 bits per heavy atom. The molecule has 0 radical (unpaired) electrons. The minimum atomic E-state index is -2.49. The van der Waals surface area contributed by atoms with E-state index in [-0.39, 0.29) is 12.2 Å². The quantitative estimate of drug-likeness (QED) is 0.313. The van der Waals surface area contributed by atoms with Crippen molar-refractivity contribution in [3.05, 3.63) is 11.1 Å². The highest BCUT2D eigenvalue weighted by Gasteiger charge is 2.40. The summed E-state index contributed by atoms with van der Waals surface area (Å²) in [4.78, 5) is 23.0. The Kier molecular flexibility index (Phi) is 6.75. The van der Waals surface area contributed by atoms with E-state index in [0.29, 0.717) is 12.0 Å². The van der Waals surface area contributed by atoms with Crippen LogP contribution in [0.4, 0.5) is 0 Å². The first-order chi connectivity index (χ1) is 8.28. The van der Waals surface area contributed by atoms with Crippen molar-refractivity contribution in [3.8, 4) is 0 Å². The highest BCUT2D eigenvalue weighted by molar-refractivity contribution is 5.98. The third-order valence-corrected chi connectivity index (χ3v) is 2.32. The number of hydrogen-bond donors (Lipinski definition) is 2. The maximum Gasteiger partial charge on any atom is 0.377 e. The van der Waals surface area contributed by atoms with E-state index in [2.05, 4.69) is 4.74 Å². The van der Waals surface area contributed by atoms with Gasteiger partial charge in [-0.25, -0.2) is 9.59 Å². The van der Waals surface area contributed by atoms with E-state index >= 15 is 0 Å². The number of carbonyl (C=O) groups is 2. The Bertz CT molecular complexity index is 342. The number of rotatable bonds is 6. The molecular formula is C12H20O6. The zero-order valence-electron chi connectivity index (χ0n) is 11.1. The van der Waals surface area contributed by atoms with E-state index in [1.54, 1.807) is 20.8 Å². The molecule has 0 aromatic heterocycles. The molecule has 0 rings (SSSR count). The minimum Gasteiger partial charge on any atom is -0.390 e. The van der Waals surface area contributed by atoms with Gasteiger partial charge in [0.15, 0.2) is 0 Å². The van der Waals surface area contributed by atoms with Crippen molar-refractivity contribution in [1.29, 1.82) is 0 Å². The highest BCUT2D eigenvalue weighted by Crippen LogP contribution is 2.12. The second-order valence-corrected chi connectivity index (χ2v) is 4.09. The number of aliphatic hydroxyl groups is 2. The molecule has 0 saturated heterocycles. The Morgan fingerprint density at radius 3 is 2.17 bits per heavy atom. The van der Waals surface area contributed by atoms with Crippen LogP contribution < -0.4 is 0 Å². The Labute approximate surface area is 106 Å². The predicted molar refractivity (Wildman–Crippen MR) is 63.4 cm³/mol. The molecule has 0 aliphatic carbocycles. The molecule has 104 valence electrons. The molecule has 6 heteroatoms. The second kappa shape index (κ2) is 7.25. The van der Waals surface area contributed by atoms with Crippen LogP contribution in [0, 0.1) is 0 Å². The first-order valence-corrected chi connectivity index (χ1v) is 5.66. The molecule has 0 amide bonds. The Balaban J connectivity index is 4.73. The van der Waals surface area contributed by atoms with Crippen LogP contribution in [0.25, 0.3) is 0 Å². The van der Waals surface area contributed by atoms with Gasteiger partial charge in [0.1, 0.15) is 6.61 Å². The molecule has 0 fully saturated rings. The van der Waals surface area contributed by atoms with E-state index < -0.39 is 24.3 Å². The maximum absolute atomic E-state index is 11.5. The Hall–Kier alpha value is -1.24. The van der Waals surface area contributed by atoms with Crippen LogP contribution in [0.2, 0.25) is 0 Å². The summed E-state index contributed by atoms with van der Waals surface area (Å²) in [5, 5.41) is 18.6. The summed E-state index contributed by atoms with van der Waals surface area (Å²) in [5.74, 6) is -4.68. The normalized spacial score (nSPS) is 13.7. The van der Waals surface area contributed by atoms with Gasteiger partial charge in [0.2, 0.25) is 0 Å². The number of ether oxygens (including phenoxy) is 2. The summed E-state index contributed by atoms with van der Waals surface area (Å²) in [6.45, 7) is 5.71. The van der Waals surface area contributed by atoms with Crippen LogP contribution >= 0.6 is 0 Å². The van der Waals surface area contributed by atoms with Gasteiger partial charge in [0, 0.05) is 5.57 Å². The lowest BCUT2D eigenvalue weighted by molar-refractivity contribution is -0.238. The molecule has 1 atom stereocenters. The average Bonchev–Trinajstić information content (AvgIpc) is 2.34. The maximum atomic E-state index is 11.5. The summed E-state index contributed by atoms with van der Waals surface area (Å²) < 4.78 is 9.25. The fourth-order valence-corrected chi connectivity index (χ4v) is 0.885. The summed E-state index contributed by atoms with van der Waals surface area (Å²) in [7, 11) is 0. The third kappa shape index (κ3) is 4.56. The number of carbonyl (C=O) groups excluding carboxylic acids is 2. The van der Waals surface area contributed by atoms with E-state index in [9.17, 15) is 14.7 Å². The predicted octanol–water partition coefficient (Wildman–Crippen LogP) is 0.520. The molecule has 0 bridgehead atoms. The number of hydrogen-bond acceptors (Lipinski definition) is 6. The van der Waals surface area contributed by atoms with Crippen molar-refractivity contribution in [2.45, 2.75) is 39.9 Å². The topological polar surface area (TPSA) is 93.1 Å². The second-order valence-electron chi connectivity index (χ2n) is 4.09. The van der Waals surface area contributed by atoms with Crippen LogP contribution in [0.3, 0.4) is 0 Å². The molecule has 0 spiro atoms. The molecule has 0 aliphatic heterocycles. The SMILES string of the molecule is CCCOC(O)(CO)C(=O)OC(=O)C(C)=C(C)C. The van der Waals surface area contributed by atoms with E-state index in [4.69, 9.17) is 9.84 Å². The molecule has 1 unspecified atom stereocenters. The van der Waals surface area contributed by atoms with Crippen molar-refractivity contribution < 1.29 is 29.3 Å². The molecular weight excluding hydrogens is 240 g/mol. The highest BCUT2D eigenvalue weighted by atomic mass is 16.7. The molecule has 0 aromatic rings. The average molecular weight is 260 g/mol. The molecule has 0 aromatic carbocycles. The van der Waals surface area contributed by atoms with Gasteiger partial charge in [-0.3, -0.25) is 0 Å². The fraction of sp³-hybridized carbons (Fsp3) is 0.667. The van der Waals surface area contributed by atoms with Gasteiger partial charge in [-0.2, -0.15) is 0 Å². The van der Waals surface area contributed by atoms with Crippen LogP contribution in [-0.4, -0.2) is 41.2 Å². The summed E-state index contributed by atoms with van der Waals surface area (Å²) in [6.07, 6.45) is 0.538. The van der Waals surface area contributed by atoms with Gasteiger partial charge in [-0.1, -0.05) is 12.5 Å². The van der Waals surface area contributed by atoms with Gasteiger partial charge in [-0.15, -0.1) is 0 Å². The monoisotopic (exact) mass is 260 g/mol. The molecule has 0 aliphatic rings. The van der Waals surface area contributed by atoms with Crippen molar-refractivity contribution in [3.63, 3.8) is 0 Å². The van der Waals surface area contributed by atoms with Gasteiger partial charge >= 0.3 is 11.9 Å². The van der Waals surface area contributed by atoms with Crippen molar-refractivity contribution >= 4 is 11.9 Å². The number of aliphatic hydroxyl groups excluding tert-OH is 1. The first-order valence-electron chi connectivity index (χ1n) is 5.66. The first kappa shape index (κ1) is 16.8. The molecule has 2 N–H and O–H groups in total. The van der Waals surface area contributed by atoms with E-state index in [1.165, 1.54) is 6.92 Å². The smallest absolute Gasteiger partial charge is 0.377 e. The largest absolute Gasteiger partial charge is 0.390 e. The zero-order chi connectivity index (χ0) is 14.3. The van der Waals surface area contributed by atoms with Crippen LogP contribution in [0.5, 0.6) is 0 Å². The summed E-state index contributed by atoms with van der Waals surface area (Å²) >= 11 is 0. The lowest BCUT2D eigenvalue weighted by atomic mass is 10.2. The lowest BCUT2D eigenvalue weighted by Gasteiger charge is -2.23. The van der Waals surface area contributed by atoms with Crippen LogP contribution in [0.1, 0.15) is 34.1 Å². The molecule has 0 heterocycles. The number of esters is 2. The third-order valence-electron chi connectivity index (χ3n) is 2.32. The van der Waals surface area contributed by atoms with Crippen molar-refractivity contribution in [2.24, 2.45) is 0 Å². The van der Waals surface area contributed by atoms with Gasteiger partial charge in [0.25, 0.3) is 5.79 Å². The molecule has 6 nitrogen and oxygen atoms in total. The van der Waals surface area contributed by atoms with Crippen molar-refractivity contribution in [1.82, 2.24) is 0 Å². The van der Waals surface area contributed by atoms with E-state index in [1.807, 2.05) is 0 Å². The minimum absolute atomic E-state index is 0.0575. The number of allylic oxidation sites excluding steroid dienone is 1. The summed E-state index contributed by atoms with van der Waals surface area (Å²) in [6, 6.07) is 0. The molecule has 18 heavy (non-hydrogen) atoms. The van der Waals surface area contributed by atoms with Gasteiger partial charge < -0.3 is 19.7 Å². The van der Waals surface area contributed by atoms with Gasteiger partial charge in [-0.05, 0) is 27.2 Å². The standard InChI is InChI=1S/C12H20O6/c1-5-6-17-12(16,7-13)11(15)18-10(14)9(4)8(2)3/h13,16H,5-7H2,1-4H3. The van der Waals surface area contributed by atoms with Crippen LogP contribution in [-0.2, 0) is 19.1 Å². The fourth-order valence-electron chi connectivity index (χ4n) is 0.885.